The first-order valence-corrected chi connectivity index (χ1v) is 7.35. The van der Waals surface area contributed by atoms with E-state index in [4.69, 9.17) is 11.6 Å². The molecule has 2 aromatic rings. The first-order valence-electron chi connectivity index (χ1n) is 4.57. The quantitative estimate of drug-likeness (QED) is 0.739. The second kappa shape index (κ2) is 5.36. The maximum atomic E-state index is 13.3. The van der Waals surface area contributed by atoms with Gasteiger partial charge in [-0.05, 0) is 44.0 Å². The van der Waals surface area contributed by atoms with E-state index in [-0.39, 0.29) is 5.02 Å². The third-order valence-corrected chi connectivity index (χ3v) is 5.04. The summed E-state index contributed by atoms with van der Waals surface area (Å²) in [5.74, 6) is -0.534. The summed E-state index contributed by atoms with van der Waals surface area (Å²) in [6.45, 7) is 0. The molecule has 0 fully saturated rings. The van der Waals surface area contributed by atoms with Crippen LogP contribution in [-0.4, -0.2) is 5.11 Å². The second-order valence-corrected chi connectivity index (χ2v) is 7.45. The molecule has 1 aromatic carbocycles. The molecule has 0 saturated heterocycles. The van der Waals surface area contributed by atoms with Crippen molar-refractivity contribution in [2.45, 2.75) is 6.10 Å². The number of rotatable bonds is 2. The third-order valence-electron chi connectivity index (χ3n) is 2.25. The van der Waals surface area contributed by atoms with Crippen molar-refractivity contribution in [1.82, 2.24) is 0 Å². The van der Waals surface area contributed by atoms with Crippen LogP contribution in [0.3, 0.4) is 0 Å². The predicted octanol–water partition coefficient (Wildman–Crippen LogP) is 5.15. The molecule has 90 valence electrons. The highest BCUT2D eigenvalue weighted by atomic mass is 79.9. The molecule has 1 atom stereocenters. The average molecular weight is 400 g/mol. The van der Waals surface area contributed by atoms with Gasteiger partial charge in [-0.25, -0.2) is 4.39 Å². The van der Waals surface area contributed by atoms with Crippen molar-refractivity contribution >= 4 is 54.8 Å². The van der Waals surface area contributed by atoms with E-state index in [0.717, 1.165) is 7.57 Å². The Balaban J connectivity index is 2.47. The summed E-state index contributed by atoms with van der Waals surface area (Å²) >= 11 is 14.0. The van der Waals surface area contributed by atoms with E-state index < -0.39 is 11.9 Å². The van der Waals surface area contributed by atoms with Crippen LogP contribution in [0.1, 0.15) is 17.2 Å². The predicted molar refractivity (Wildman–Crippen MR) is 75.2 cm³/mol. The van der Waals surface area contributed by atoms with Gasteiger partial charge >= 0.3 is 0 Å². The van der Waals surface area contributed by atoms with Gasteiger partial charge in [0, 0.05) is 11.1 Å². The molecule has 17 heavy (non-hydrogen) atoms. The second-order valence-electron chi connectivity index (χ2n) is 3.33. The maximum absolute atomic E-state index is 13.3. The van der Waals surface area contributed by atoms with Crippen LogP contribution in [0.2, 0.25) is 5.02 Å². The van der Waals surface area contributed by atoms with Crippen molar-refractivity contribution in [3.8, 4) is 0 Å². The van der Waals surface area contributed by atoms with E-state index in [2.05, 4.69) is 31.9 Å². The Kier molecular flexibility index (Phi) is 4.26. The van der Waals surface area contributed by atoms with Gasteiger partial charge in [-0.2, -0.15) is 0 Å². The molecule has 6 heteroatoms. The van der Waals surface area contributed by atoms with Crippen LogP contribution in [0, 0.1) is 5.82 Å². The number of hydrogen-bond donors (Lipinski definition) is 1. The van der Waals surface area contributed by atoms with Gasteiger partial charge in [-0.15, -0.1) is 11.3 Å². The maximum Gasteiger partial charge on any atom is 0.142 e. The van der Waals surface area contributed by atoms with Crippen LogP contribution < -0.4 is 0 Å². The van der Waals surface area contributed by atoms with Gasteiger partial charge in [0.25, 0.3) is 0 Å². The van der Waals surface area contributed by atoms with Gasteiger partial charge in [0.1, 0.15) is 11.9 Å². The molecular weight excluding hydrogens is 394 g/mol. The normalized spacial score (nSPS) is 12.8. The molecule has 0 aliphatic rings. The summed E-state index contributed by atoms with van der Waals surface area (Å²) in [6.07, 6.45) is -0.949. The van der Waals surface area contributed by atoms with Crippen molar-refractivity contribution < 1.29 is 9.50 Å². The van der Waals surface area contributed by atoms with Gasteiger partial charge in [-0.3, -0.25) is 0 Å². The smallest absolute Gasteiger partial charge is 0.142 e. The van der Waals surface area contributed by atoms with Gasteiger partial charge in [0.15, 0.2) is 0 Å². The fraction of sp³-hybridized carbons (Fsp3) is 0.0909. The number of aliphatic hydroxyl groups excluding tert-OH is 1. The van der Waals surface area contributed by atoms with Crippen LogP contribution >= 0.6 is 54.8 Å². The van der Waals surface area contributed by atoms with Crippen molar-refractivity contribution in [2.24, 2.45) is 0 Å². The highest BCUT2D eigenvalue weighted by molar-refractivity contribution is 9.12. The minimum Gasteiger partial charge on any atom is -0.384 e. The number of hydrogen-bond acceptors (Lipinski definition) is 2. The van der Waals surface area contributed by atoms with Crippen LogP contribution in [0.5, 0.6) is 0 Å². The van der Waals surface area contributed by atoms with E-state index in [0.29, 0.717) is 11.1 Å². The van der Waals surface area contributed by atoms with Crippen molar-refractivity contribution in [3.05, 3.63) is 53.8 Å². The Labute approximate surface area is 123 Å². The van der Waals surface area contributed by atoms with E-state index >= 15 is 0 Å². The Morgan fingerprint density at radius 1 is 1.29 bits per heavy atom. The van der Waals surface area contributed by atoms with Gasteiger partial charge in [0.05, 0.1) is 12.6 Å². The molecular formula is C11H6Br2ClFOS. The Morgan fingerprint density at radius 3 is 2.59 bits per heavy atom. The molecule has 0 saturated carbocycles. The zero-order valence-electron chi connectivity index (χ0n) is 8.25. The summed E-state index contributed by atoms with van der Waals surface area (Å²) in [6, 6.07) is 6.17. The number of thiophene rings is 1. The molecule has 0 radical (unpaired) electrons. The fourth-order valence-corrected chi connectivity index (χ4v) is 4.55. The minimum atomic E-state index is -0.949. The van der Waals surface area contributed by atoms with E-state index in [1.165, 1.54) is 23.5 Å². The molecule has 0 bridgehead atoms. The number of aliphatic hydroxyl groups is 1. The lowest BCUT2D eigenvalue weighted by Crippen LogP contribution is -2.00. The number of halogens is 4. The van der Waals surface area contributed by atoms with Crippen LogP contribution in [0.25, 0.3) is 0 Å². The van der Waals surface area contributed by atoms with Crippen molar-refractivity contribution in [3.63, 3.8) is 0 Å². The molecule has 0 aliphatic heterocycles. The highest BCUT2D eigenvalue weighted by Gasteiger charge is 2.20. The first kappa shape index (κ1) is 13.5. The molecule has 1 N–H and O–H groups in total. The Hall–Kier alpha value is 0.0600. The number of benzene rings is 1. The monoisotopic (exact) mass is 398 g/mol. The molecule has 2 rings (SSSR count). The molecule has 1 nitrogen and oxygen atoms in total. The van der Waals surface area contributed by atoms with E-state index in [1.54, 1.807) is 12.1 Å². The Bertz CT molecular complexity index is 558. The fourth-order valence-electron chi connectivity index (χ4n) is 1.44. The van der Waals surface area contributed by atoms with Crippen LogP contribution in [0.4, 0.5) is 4.39 Å². The molecule has 1 heterocycles. The lowest BCUT2D eigenvalue weighted by molar-refractivity contribution is 0.219. The summed E-state index contributed by atoms with van der Waals surface area (Å²) in [5.41, 5.74) is 1.02. The molecule has 0 spiro atoms. The zero-order chi connectivity index (χ0) is 12.6. The highest BCUT2D eigenvalue weighted by Crippen LogP contribution is 2.39. The van der Waals surface area contributed by atoms with Gasteiger partial charge in [0.2, 0.25) is 0 Å². The van der Waals surface area contributed by atoms with Crippen LogP contribution in [0.15, 0.2) is 31.8 Å². The van der Waals surface area contributed by atoms with Gasteiger partial charge in [-0.1, -0.05) is 23.7 Å². The lowest BCUT2D eigenvalue weighted by atomic mass is 10.0. The topological polar surface area (TPSA) is 20.2 Å². The zero-order valence-corrected chi connectivity index (χ0v) is 13.0. The first-order chi connectivity index (χ1) is 8.00. The Morgan fingerprint density at radius 2 is 2.00 bits per heavy atom. The largest absolute Gasteiger partial charge is 0.384 e. The summed E-state index contributed by atoms with van der Waals surface area (Å²) in [4.78, 5) is 0. The molecule has 0 amide bonds. The standard InChI is InChI=1S/C11H6Br2ClFOS/c12-8-4-6(11(13)17-8)10(16)5-2-1-3-7(15)9(5)14/h1-4,10,16H. The van der Waals surface area contributed by atoms with E-state index in [1.807, 2.05) is 0 Å². The molecule has 0 aliphatic carbocycles. The van der Waals surface area contributed by atoms with Crippen LogP contribution in [-0.2, 0) is 0 Å². The average Bonchev–Trinajstić information content (AvgIpc) is 2.61. The SMILES string of the molecule is OC(c1cc(Br)sc1Br)c1cccc(F)c1Cl. The van der Waals surface area contributed by atoms with Crippen molar-refractivity contribution in [2.75, 3.05) is 0 Å². The molecule has 1 unspecified atom stereocenters. The summed E-state index contributed by atoms with van der Waals surface area (Å²) in [7, 11) is 0. The third kappa shape index (κ3) is 2.74. The minimum absolute atomic E-state index is 0.0470. The van der Waals surface area contributed by atoms with Gasteiger partial charge < -0.3 is 5.11 Å². The lowest BCUT2D eigenvalue weighted by Gasteiger charge is -2.12. The summed E-state index contributed by atoms with van der Waals surface area (Å²) < 4.78 is 15.0. The molecule has 1 aromatic heterocycles. The van der Waals surface area contributed by atoms with E-state index in [9.17, 15) is 9.50 Å². The summed E-state index contributed by atoms with van der Waals surface area (Å²) in [5, 5.41) is 10.1. The van der Waals surface area contributed by atoms with Crippen molar-refractivity contribution in [1.29, 1.82) is 0 Å².